The van der Waals surface area contributed by atoms with E-state index in [0.717, 1.165) is 17.7 Å². The zero-order valence-electron chi connectivity index (χ0n) is 12.1. The number of rotatable bonds is 3. The van der Waals surface area contributed by atoms with Crippen LogP contribution in [0.3, 0.4) is 0 Å². The molecule has 1 saturated heterocycles. The SMILES string of the molecule is CCOC(=O)C1CCCN1C(=O)C1Cc2ccccc2O1. The molecule has 1 aromatic rings. The molecule has 112 valence electrons. The number of carbonyl (C=O) groups excluding carboxylic acids is 2. The number of benzene rings is 1. The molecule has 21 heavy (non-hydrogen) atoms. The summed E-state index contributed by atoms with van der Waals surface area (Å²) in [5, 5.41) is 0. The zero-order valence-corrected chi connectivity index (χ0v) is 12.1. The van der Waals surface area contributed by atoms with Crippen molar-refractivity contribution in [1.82, 2.24) is 4.90 Å². The first kappa shape index (κ1) is 13.9. The Kier molecular flexibility index (Phi) is 3.82. The van der Waals surface area contributed by atoms with Crippen molar-refractivity contribution in [3.8, 4) is 5.75 Å². The average molecular weight is 289 g/mol. The van der Waals surface area contributed by atoms with Crippen LogP contribution in [0.4, 0.5) is 0 Å². The molecule has 0 aliphatic carbocycles. The normalized spacial score (nSPS) is 23.6. The Bertz CT molecular complexity index is 532. The number of hydrogen-bond donors (Lipinski definition) is 0. The second-order valence-electron chi connectivity index (χ2n) is 5.36. The predicted octanol–water partition coefficient (Wildman–Crippen LogP) is 1.54. The summed E-state index contributed by atoms with van der Waals surface area (Å²) in [6.45, 7) is 2.71. The third-order valence-electron chi connectivity index (χ3n) is 4.02. The van der Waals surface area contributed by atoms with Crippen LogP contribution in [0.25, 0.3) is 0 Å². The standard InChI is InChI=1S/C16H19NO4/c1-2-20-16(19)12-7-5-9-17(12)15(18)14-10-11-6-3-4-8-13(11)21-14/h3-4,6,8,12,14H,2,5,7,9-10H2,1H3. The maximum absolute atomic E-state index is 12.6. The quantitative estimate of drug-likeness (QED) is 0.792. The van der Waals surface area contributed by atoms with Gasteiger partial charge in [-0.3, -0.25) is 4.79 Å². The second-order valence-corrected chi connectivity index (χ2v) is 5.36. The summed E-state index contributed by atoms with van der Waals surface area (Å²) in [6, 6.07) is 7.21. The maximum Gasteiger partial charge on any atom is 0.328 e. The van der Waals surface area contributed by atoms with E-state index >= 15 is 0 Å². The van der Waals surface area contributed by atoms with E-state index in [2.05, 4.69) is 0 Å². The molecule has 0 bridgehead atoms. The van der Waals surface area contributed by atoms with E-state index in [1.165, 1.54) is 0 Å². The molecular weight excluding hydrogens is 270 g/mol. The minimum atomic E-state index is -0.516. The largest absolute Gasteiger partial charge is 0.480 e. The number of likely N-dealkylation sites (tertiary alicyclic amines) is 1. The molecule has 0 N–H and O–H groups in total. The van der Waals surface area contributed by atoms with E-state index in [4.69, 9.17) is 9.47 Å². The van der Waals surface area contributed by atoms with Crippen LogP contribution in [0.2, 0.25) is 0 Å². The van der Waals surface area contributed by atoms with Gasteiger partial charge in [-0.2, -0.15) is 0 Å². The van der Waals surface area contributed by atoms with Crippen LogP contribution in [0, 0.1) is 0 Å². The van der Waals surface area contributed by atoms with Gasteiger partial charge < -0.3 is 14.4 Å². The van der Waals surface area contributed by atoms with Crippen molar-refractivity contribution in [2.45, 2.75) is 38.3 Å². The van der Waals surface area contributed by atoms with Crippen molar-refractivity contribution in [3.63, 3.8) is 0 Å². The van der Waals surface area contributed by atoms with Crippen molar-refractivity contribution >= 4 is 11.9 Å². The van der Waals surface area contributed by atoms with Crippen molar-refractivity contribution in [2.75, 3.05) is 13.2 Å². The lowest BCUT2D eigenvalue weighted by Gasteiger charge is -2.25. The van der Waals surface area contributed by atoms with Crippen molar-refractivity contribution in [2.24, 2.45) is 0 Å². The van der Waals surface area contributed by atoms with Gasteiger partial charge in [0.1, 0.15) is 11.8 Å². The summed E-state index contributed by atoms with van der Waals surface area (Å²) in [5.74, 6) is 0.350. The first-order valence-electron chi connectivity index (χ1n) is 7.42. The highest BCUT2D eigenvalue weighted by atomic mass is 16.5. The highest BCUT2D eigenvalue weighted by molar-refractivity contribution is 5.88. The Balaban J connectivity index is 1.70. The summed E-state index contributed by atoms with van der Waals surface area (Å²) < 4.78 is 10.8. The molecule has 2 heterocycles. The summed E-state index contributed by atoms with van der Waals surface area (Å²) in [6.07, 6.45) is 1.55. The molecular formula is C16H19NO4. The van der Waals surface area contributed by atoms with Crippen LogP contribution in [-0.4, -0.2) is 42.1 Å². The molecule has 1 aromatic carbocycles. The third-order valence-corrected chi connectivity index (χ3v) is 4.02. The Morgan fingerprint density at radius 3 is 2.95 bits per heavy atom. The number of amides is 1. The average Bonchev–Trinajstić information content (AvgIpc) is 3.13. The lowest BCUT2D eigenvalue weighted by atomic mass is 10.1. The Labute approximate surface area is 123 Å². The molecule has 0 aromatic heterocycles. The molecule has 0 spiro atoms. The molecule has 0 saturated carbocycles. The van der Waals surface area contributed by atoms with E-state index in [-0.39, 0.29) is 11.9 Å². The fourth-order valence-corrected chi connectivity index (χ4v) is 3.02. The Hall–Kier alpha value is -2.04. The van der Waals surface area contributed by atoms with Crippen molar-refractivity contribution < 1.29 is 19.1 Å². The molecule has 2 atom stereocenters. The summed E-state index contributed by atoms with van der Waals surface area (Å²) >= 11 is 0. The molecule has 5 nitrogen and oxygen atoms in total. The van der Waals surface area contributed by atoms with Gasteiger partial charge >= 0.3 is 5.97 Å². The van der Waals surface area contributed by atoms with E-state index in [1.54, 1.807) is 11.8 Å². The van der Waals surface area contributed by atoms with E-state index < -0.39 is 12.1 Å². The van der Waals surface area contributed by atoms with Gasteiger partial charge in [-0.05, 0) is 31.4 Å². The second kappa shape index (κ2) is 5.76. The van der Waals surface area contributed by atoms with Gasteiger partial charge in [0.05, 0.1) is 6.61 Å². The van der Waals surface area contributed by atoms with Gasteiger partial charge in [-0.15, -0.1) is 0 Å². The van der Waals surface area contributed by atoms with Gasteiger partial charge in [0.25, 0.3) is 5.91 Å². The maximum atomic E-state index is 12.6. The molecule has 2 aliphatic heterocycles. The smallest absolute Gasteiger partial charge is 0.328 e. The molecule has 2 aliphatic rings. The Morgan fingerprint density at radius 1 is 1.38 bits per heavy atom. The van der Waals surface area contributed by atoms with E-state index in [0.29, 0.717) is 26.0 Å². The minimum absolute atomic E-state index is 0.109. The van der Waals surface area contributed by atoms with Crippen LogP contribution >= 0.6 is 0 Å². The first-order valence-corrected chi connectivity index (χ1v) is 7.42. The Morgan fingerprint density at radius 2 is 2.19 bits per heavy atom. The van der Waals surface area contributed by atoms with Crippen molar-refractivity contribution in [1.29, 1.82) is 0 Å². The van der Waals surface area contributed by atoms with Crippen LogP contribution in [0.1, 0.15) is 25.3 Å². The van der Waals surface area contributed by atoms with E-state index in [9.17, 15) is 9.59 Å². The van der Waals surface area contributed by atoms with Crippen molar-refractivity contribution in [3.05, 3.63) is 29.8 Å². The monoisotopic (exact) mass is 289 g/mol. The van der Waals surface area contributed by atoms with E-state index in [1.807, 2.05) is 24.3 Å². The van der Waals surface area contributed by atoms with Crippen LogP contribution in [-0.2, 0) is 20.7 Å². The molecule has 5 heteroatoms. The van der Waals surface area contributed by atoms with Gasteiger partial charge in [-0.1, -0.05) is 18.2 Å². The number of ether oxygens (including phenoxy) is 2. The summed E-state index contributed by atoms with van der Waals surface area (Å²) in [7, 11) is 0. The topological polar surface area (TPSA) is 55.8 Å². The zero-order chi connectivity index (χ0) is 14.8. The number of esters is 1. The highest BCUT2D eigenvalue weighted by Crippen LogP contribution is 2.30. The number of fused-ring (bicyclic) bond motifs is 1. The fourth-order valence-electron chi connectivity index (χ4n) is 3.02. The lowest BCUT2D eigenvalue weighted by molar-refractivity contribution is -0.155. The summed E-state index contributed by atoms with van der Waals surface area (Å²) in [4.78, 5) is 26.2. The predicted molar refractivity (Wildman–Crippen MR) is 75.9 cm³/mol. The molecule has 2 unspecified atom stereocenters. The van der Waals surface area contributed by atoms with Gasteiger partial charge in [-0.25, -0.2) is 4.79 Å². The number of hydrogen-bond acceptors (Lipinski definition) is 4. The van der Waals surface area contributed by atoms with Gasteiger partial charge in [0, 0.05) is 13.0 Å². The van der Waals surface area contributed by atoms with Gasteiger partial charge in [0.15, 0.2) is 6.10 Å². The molecule has 1 fully saturated rings. The van der Waals surface area contributed by atoms with Crippen LogP contribution < -0.4 is 4.74 Å². The highest BCUT2D eigenvalue weighted by Gasteiger charge is 2.40. The molecule has 3 rings (SSSR count). The fraction of sp³-hybridized carbons (Fsp3) is 0.500. The lowest BCUT2D eigenvalue weighted by Crippen LogP contribution is -2.47. The van der Waals surface area contributed by atoms with Crippen LogP contribution in [0.5, 0.6) is 5.75 Å². The summed E-state index contributed by atoms with van der Waals surface area (Å²) in [5.41, 5.74) is 1.04. The van der Waals surface area contributed by atoms with Gasteiger partial charge in [0.2, 0.25) is 0 Å². The first-order chi connectivity index (χ1) is 10.2. The minimum Gasteiger partial charge on any atom is -0.480 e. The number of para-hydroxylation sites is 1. The number of nitrogens with zero attached hydrogens (tertiary/aromatic N) is 1. The molecule has 0 radical (unpaired) electrons. The van der Waals surface area contributed by atoms with Crippen LogP contribution in [0.15, 0.2) is 24.3 Å². The number of carbonyl (C=O) groups is 2. The third kappa shape index (κ3) is 2.60. The molecule has 1 amide bonds.